The molecule has 138 valence electrons. The van der Waals surface area contributed by atoms with Crippen LogP contribution in [0.3, 0.4) is 0 Å². The van der Waals surface area contributed by atoms with Crippen molar-refractivity contribution in [3.8, 4) is 5.69 Å². The first-order valence-corrected chi connectivity index (χ1v) is 8.77. The summed E-state index contributed by atoms with van der Waals surface area (Å²) in [6, 6.07) is 17.5. The quantitative estimate of drug-likeness (QED) is 0.475. The van der Waals surface area contributed by atoms with Gasteiger partial charge in [0, 0.05) is 22.7 Å². The molecule has 4 rings (SSSR count). The van der Waals surface area contributed by atoms with Crippen LogP contribution in [0.25, 0.3) is 16.6 Å². The molecule has 4 nitrogen and oxygen atoms in total. The Balaban J connectivity index is 1.92. The molecule has 3 aromatic carbocycles. The van der Waals surface area contributed by atoms with Crippen LogP contribution < -0.4 is 0 Å². The van der Waals surface area contributed by atoms with Gasteiger partial charge in [0.25, 0.3) is 0 Å². The summed E-state index contributed by atoms with van der Waals surface area (Å²) in [5, 5.41) is 10.0. The number of hydrogen-bond acceptors (Lipinski definition) is 2. The van der Waals surface area contributed by atoms with Gasteiger partial charge >= 0.3 is 5.97 Å². The predicted octanol–water partition coefficient (Wildman–Crippen LogP) is 5.35. The van der Waals surface area contributed by atoms with Gasteiger partial charge in [-0.1, -0.05) is 41.9 Å². The molecule has 0 aliphatic rings. The lowest BCUT2D eigenvalue weighted by atomic mass is 10.0. The van der Waals surface area contributed by atoms with E-state index in [1.165, 1.54) is 12.1 Å². The summed E-state index contributed by atoms with van der Waals surface area (Å²) < 4.78 is 16.2. The summed E-state index contributed by atoms with van der Waals surface area (Å²) in [7, 11) is 0. The zero-order chi connectivity index (χ0) is 19.8. The Bertz CT molecular complexity index is 1250. The zero-order valence-electron chi connectivity index (χ0n) is 14.4. The third-order valence-electron chi connectivity index (χ3n) is 4.53. The first-order chi connectivity index (χ1) is 13.5. The maximum atomic E-state index is 14.6. The van der Waals surface area contributed by atoms with Gasteiger partial charge in [-0.3, -0.25) is 4.79 Å². The maximum absolute atomic E-state index is 14.6. The van der Waals surface area contributed by atoms with E-state index in [1.54, 1.807) is 59.3 Å². The predicted molar refractivity (Wildman–Crippen MR) is 105 cm³/mol. The van der Waals surface area contributed by atoms with Crippen molar-refractivity contribution in [3.63, 3.8) is 0 Å². The maximum Gasteiger partial charge on any atom is 0.335 e. The summed E-state index contributed by atoms with van der Waals surface area (Å²) in [4.78, 5) is 24.1. The Morgan fingerprint density at radius 2 is 1.64 bits per heavy atom. The van der Waals surface area contributed by atoms with Crippen molar-refractivity contribution in [2.75, 3.05) is 0 Å². The molecule has 1 heterocycles. The smallest absolute Gasteiger partial charge is 0.335 e. The van der Waals surface area contributed by atoms with Crippen molar-refractivity contribution in [1.29, 1.82) is 0 Å². The summed E-state index contributed by atoms with van der Waals surface area (Å²) in [6.45, 7) is 0. The van der Waals surface area contributed by atoms with E-state index in [-0.39, 0.29) is 17.0 Å². The minimum absolute atomic E-state index is 0.148. The number of benzene rings is 3. The number of halogens is 2. The Morgan fingerprint density at radius 1 is 0.929 bits per heavy atom. The van der Waals surface area contributed by atoms with Crippen LogP contribution >= 0.6 is 11.6 Å². The lowest BCUT2D eigenvalue weighted by Gasteiger charge is -2.07. The van der Waals surface area contributed by atoms with Crippen LogP contribution in [0.4, 0.5) is 4.39 Å². The second-order valence-corrected chi connectivity index (χ2v) is 6.62. The highest BCUT2D eigenvalue weighted by molar-refractivity contribution is 6.35. The van der Waals surface area contributed by atoms with Crippen molar-refractivity contribution in [1.82, 2.24) is 4.57 Å². The number of carboxylic acids is 1. The Kier molecular flexibility index (Phi) is 4.45. The standard InChI is InChI=1S/C22H13ClFNO3/c23-17-7-3-1-6-15(17)21(26)16-12-25(19-8-4-2-5-14(16)19)20-10-9-13(22(27)28)11-18(20)24/h1-12H,(H,27,28). The Morgan fingerprint density at radius 3 is 2.36 bits per heavy atom. The molecule has 1 N–H and O–H groups in total. The highest BCUT2D eigenvalue weighted by Gasteiger charge is 2.20. The average Bonchev–Trinajstić information content (AvgIpc) is 3.07. The lowest BCUT2D eigenvalue weighted by Crippen LogP contribution is -2.03. The Hall–Kier alpha value is -3.44. The number of nitrogens with zero attached hydrogens (tertiary/aromatic N) is 1. The fourth-order valence-corrected chi connectivity index (χ4v) is 3.41. The van der Waals surface area contributed by atoms with Crippen LogP contribution in [0.1, 0.15) is 26.3 Å². The molecule has 0 aliphatic heterocycles. The van der Waals surface area contributed by atoms with E-state index in [4.69, 9.17) is 16.7 Å². The fourth-order valence-electron chi connectivity index (χ4n) is 3.19. The van der Waals surface area contributed by atoms with Crippen molar-refractivity contribution in [2.45, 2.75) is 0 Å². The van der Waals surface area contributed by atoms with Crippen LogP contribution in [0.2, 0.25) is 5.02 Å². The lowest BCUT2D eigenvalue weighted by molar-refractivity contribution is 0.0696. The van der Waals surface area contributed by atoms with Crippen molar-refractivity contribution in [2.24, 2.45) is 0 Å². The largest absolute Gasteiger partial charge is 0.478 e. The number of rotatable bonds is 4. The molecule has 1 aromatic heterocycles. The van der Waals surface area contributed by atoms with Crippen molar-refractivity contribution in [3.05, 3.63) is 100 Å². The van der Waals surface area contributed by atoms with Crippen molar-refractivity contribution < 1.29 is 19.1 Å². The summed E-state index contributed by atoms with van der Waals surface area (Å²) >= 11 is 6.17. The number of fused-ring (bicyclic) bond motifs is 1. The normalized spacial score (nSPS) is 10.9. The summed E-state index contributed by atoms with van der Waals surface area (Å²) in [6.07, 6.45) is 1.55. The molecule has 0 saturated carbocycles. The van der Waals surface area contributed by atoms with Gasteiger partial charge in [0.15, 0.2) is 5.78 Å². The number of carbonyl (C=O) groups excluding carboxylic acids is 1. The molecule has 4 aromatic rings. The van der Waals surface area contributed by atoms with Crippen molar-refractivity contribution >= 4 is 34.3 Å². The molecule has 0 saturated heterocycles. The van der Waals surface area contributed by atoms with E-state index in [1.807, 2.05) is 0 Å². The number of carbonyl (C=O) groups is 2. The number of aromatic nitrogens is 1. The second kappa shape index (κ2) is 6.94. The number of aromatic carboxylic acids is 1. The van der Waals surface area contributed by atoms with Crippen LogP contribution in [0.5, 0.6) is 0 Å². The van der Waals surface area contributed by atoms with Gasteiger partial charge in [-0.25, -0.2) is 9.18 Å². The molecular weight excluding hydrogens is 381 g/mol. The van der Waals surface area contributed by atoms with Gasteiger partial charge < -0.3 is 9.67 Å². The van der Waals surface area contributed by atoms with E-state index in [9.17, 15) is 14.0 Å². The van der Waals surface area contributed by atoms with E-state index in [2.05, 4.69) is 0 Å². The second-order valence-electron chi connectivity index (χ2n) is 6.21. The first-order valence-electron chi connectivity index (χ1n) is 8.40. The van der Waals surface area contributed by atoms with Gasteiger partial charge in [0.2, 0.25) is 0 Å². The molecule has 0 spiro atoms. The molecule has 0 atom stereocenters. The summed E-state index contributed by atoms with van der Waals surface area (Å²) in [5.41, 5.74) is 1.36. The van der Waals surface area contributed by atoms with Crippen LogP contribution in [-0.4, -0.2) is 21.4 Å². The number of carboxylic acid groups (broad SMARTS) is 1. The molecule has 0 unspecified atom stereocenters. The van der Waals surface area contributed by atoms with Gasteiger partial charge in [0.05, 0.1) is 21.8 Å². The molecule has 0 aliphatic carbocycles. The number of para-hydroxylation sites is 1. The molecule has 6 heteroatoms. The highest BCUT2D eigenvalue weighted by atomic mass is 35.5. The molecular formula is C22H13ClFNO3. The molecule has 0 amide bonds. The zero-order valence-corrected chi connectivity index (χ0v) is 15.2. The van der Waals surface area contributed by atoms with E-state index in [0.29, 0.717) is 27.1 Å². The molecule has 0 fully saturated rings. The van der Waals surface area contributed by atoms with Gasteiger partial charge in [-0.2, -0.15) is 0 Å². The highest BCUT2D eigenvalue weighted by Crippen LogP contribution is 2.29. The monoisotopic (exact) mass is 393 g/mol. The first kappa shape index (κ1) is 17.9. The third kappa shape index (κ3) is 2.96. The minimum atomic E-state index is -1.21. The van der Waals surface area contributed by atoms with Crippen LogP contribution in [0.15, 0.2) is 72.9 Å². The van der Waals surface area contributed by atoms with Gasteiger partial charge in [-0.15, -0.1) is 0 Å². The molecule has 0 bridgehead atoms. The topological polar surface area (TPSA) is 59.3 Å². The number of hydrogen-bond donors (Lipinski definition) is 1. The van der Waals surface area contributed by atoms with Gasteiger partial charge in [0.1, 0.15) is 5.82 Å². The SMILES string of the molecule is O=C(O)c1ccc(-n2cc(C(=O)c3ccccc3Cl)c3ccccc32)c(F)c1. The fraction of sp³-hybridized carbons (Fsp3) is 0. The van der Waals surface area contributed by atoms with Gasteiger partial charge in [-0.05, 0) is 36.4 Å². The molecule has 0 radical (unpaired) electrons. The third-order valence-corrected chi connectivity index (χ3v) is 4.86. The van der Waals surface area contributed by atoms with E-state index in [0.717, 1.165) is 6.07 Å². The summed E-state index contributed by atoms with van der Waals surface area (Å²) in [5.74, 6) is -2.18. The van der Waals surface area contributed by atoms with Crippen LogP contribution in [-0.2, 0) is 0 Å². The molecule has 28 heavy (non-hydrogen) atoms. The van der Waals surface area contributed by atoms with E-state index < -0.39 is 11.8 Å². The minimum Gasteiger partial charge on any atom is -0.478 e. The Labute approximate surface area is 164 Å². The van der Waals surface area contributed by atoms with Crippen LogP contribution in [0, 0.1) is 5.82 Å². The van der Waals surface area contributed by atoms with E-state index >= 15 is 0 Å². The number of ketones is 1. The average molecular weight is 394 g/mol.